The molecule has 0 aromatic rings. The van der Waals surface area contributed by atoms with Gasteiger partial charge < -0.3 is 15.3 Å². The summed E-state index contributed by atoms with van der Waals surface area (Å²) in [6.07, 6.45) is 1.27. The zero-order valence-electron chi connectivity index (χ0n) is 11.9. The number of aliphatic carboxylic acids is 1. The largest absolute Gasteiger partial charge is 0.481 e. The molecule has 0 aromatic carbocycles. The Morgan fingerprint density at radius 3 is 2.17 bits per heavy atom. The summed E-state index contributed by atoms with van der Waals surface area (Å²) in [6, 6.07) is 0.489. The minimum Gasteiger partial charge on any atom is -0.481 e. The van der Waals surface area contributed by atoms with Crippen LogP contribution in [0.4, 0.5) is 0 Å². The van der Waals surface area contributed by atoms with Gasteiger partial charge >= 0.3 is 5.97 Å². The molecule has 0 fully saturated rings. The molecule has 0 aromatic heterocycles. The molecule has 0 saturated heterocycles. The van der Waals surface area contributed by atoms with E-state index in [1.165, 1.54) is 0 Å². The van der Waals surface area contributed by atoms with E-state index in [0.29, 0.717) is 25.4 Å². The molecule has 0 spiro atoms. The lowest BCUT2D eigenvalue weighted by Crippen LogP contribution is -2.37. The summed E-state index contributed by atoms with van der Waals surface area (Å²) < 4.78 is 0. The summed E-state index contributed by atoms with van der Waals surface area (Å²) >= 11 is 0. The van der Waals surface area contributed by atoms with Gasteiger partial charge in [-0.2, -0.15) is 0 Å². The number of carboxylic acids is 1. The highest BCUT2D eigenvalue weighted by Crippen LogP contribution is 2.03. The molecule has 18 heavy (non-hydrogen) atoms. The predicted octanol–water partition coefficient (Wildman–Crippen LogP) is 1.48. The first kappa shape index (κ1) is 16.9. The number of nitrogens with zero attached hydrogens (tertiary/aromatic N) is 1. The maximum Gasteiger partial charge on any atom is 0.303 e. The van der Waals surface area contributed by atoms with Crippen LogP contribution in [-0.2, 0) is 9.59 Å². The number of amides is 1. The van der Waals surface area contributed by atoms with Crippen LogP contribution in [0.5, 0.6) is 0 Å². The number of hydrogen-bond donors (Lipinski definition) is 2. The van der Waals surface area contributed by atoms with E-state index in [1.807, 2.05) is 13.8 Å². The zero-order valence-corrected chi connectivity index (χ0v) is 11.9. The number of nitrogens with one attached hydrogen (secondary N) is 1. The summed E-state index contributed by atoms with van der Waals surface area (Å²) in [5.74, 6) is -0.717. The molecule has 0 aliphatic rings. The Morgan fingerprint density at radius 2 is 1.72 bits per heavy atom. The van der Waals surface area contributed by atoms with Gasteiger partial charge in [-0.1, -0.05) is 0 Å². The van der Waals surface area contributed by atoms with Gasteiger partial charge in [0.2, 0.25) is 5.91 Å². The first-order chi connectivity index (χ1) is 8.32. The lowest BCUT2D eigenvalue weighted by molar-refractivity contribution is -0.137. The monoisotopic (exact) mass is 258 g/mol. The Balaban J connectivity index is 3.97. The van der Waals surface area contributed by atoms with Crippen LogP contribution >= 0.6 is 0 Å². The van der Waals surface area contributed by atoms with Crippen molar-refractivity contribution >= 4 is 11.9 Å². The highest BCUT2D eigenvalue weighted by molar-refractivity contribution is 5.76. The van der Waals surface area contributed by atoms with Gasteiger partial charge in [0.25, 0.3) is 0 Å². The molecule has 0 atom stereocenters. The maximum atomic E-state index is 11.5. The summed E-state index contributed by atoms with van der Waals surface area (Å²) in [5, 5.41) is 11.5. The Kier molecular flexibility index (Phi) is 8.37. The van der Waals surface area contributed by atoms with E-state index in [2.05, 4.69) is 24.1 Å². The molecule has 0 aliphatic carbocycles. The average molecular weight is 258 g/mol. The Morgan fingerprint density at radius 1 is 1.11 bits per heavy atom. The molecule has 0 radical (unpaired) electrons. The SMILES string of the molecule is CC(C)NC(=O)CCN(CCCC(=O)O)C(C)C. The van der Waals surface area contributed by atoms with Crippen LogP contribution in [0, 0.1) is 0 Å². The molecule has 5 nitrogen and oxygen atoms in total. The minimum absolute atomic E-state index is 0.0499. The second kappa shape index (κ2) is 8.91. The van der Waals surface area contributed by atoms with Crippen LogP contribution in [0.15, 0.2) is 0 Å². The predicted molar refractivity (Wildman–Crippen MR) is 71.5 cm³/mol. The fourth-order valence-electron chi connectivity index (χ4n) is 1.70. The van der Waals surface area contributed by atoms with Gasteiger partial charge in [-0.15, -0.1) is 0 Å². The molecular formula is C13H26N2O3. The first-order valence-corrected chi connectivity index (χ1v) is 6.58. The topological polar surface area (TPSA) is 69.6 Å². The molecule has 2 N–H and O–H groups in total. The Labute approximate surface area is 110 Å². The number of carbonyl (C=O) groups excluding carboxylic acids is 1. The molecule has 0 unspecified atom stereocenters. The van der Waals surface area contributed by atoms with Crippen LogP contribution < -0.4 is 5.32 Å². The quantitative estimate of drug-likeness (QED) is 0.657. The first-order valence-electron chi connectivity index (χ1n) is 6.58. The van der Waals surface area contributed by atoms with Gasteiger partial charge in [-0.25, -0.2) is 0 Å². The third-order valence-corrected chi connectivity index (χ3v) is 2.64. The zero-order chi connectivity index (χ0) is 14.1. The lowest BCUT2D eigenvalue weighted by Gasteiger charge is -2.26. The van der Waals surface area contributed by atoms with Crippen molar-refractivity contribution in [3.8, 4) is 0 Å². The van der Waals surface area contributed by atoms with Crippen LogP contribution in [0.3, 0.4) is 0 Å². The van der Waals surface area contributed by atoms with Crippen molar-refractivity contribution in [3.63, 3.8) is 0 Å². The second-order valence-electron chi connectivity index (χ2n) is 5.10. The molecule has 0 bridgehead atoms. The van der Waals surface area contributed by atoms with Crippen LogP contribution in [0.25, 0.3) is 0 Å². The minimum atomic E-state index is -0.767. The normalized spacial score (nSPS) is 11.3. The second-order valence-corrected chi connectivity index (χ2v) is 5.10. The third kappa shape index (κ3) is 8.98. The molecule has 106 valence electrons. The van der Waals surface area contributed by atoms with Crippen molar-refractivity contribution in [1.29, 1.82) is 0 Å². The summed E-state index contributed by atoms with van der Waals surface area (Å²) in [7, 11) is 0. The summed E-state index contributed by atoms with van der Waals surface area (Å²) in [6.45, 7) is 9.38. The van der Waals surface area contributed by atoms with E-state index in [9.17, 15) is 9.59 Å². The van der Waals surface area contributed by atoms with Crippen molar-refractivity contribution < 1.29 is 14.7 Å². The lowest BCUT2D eigenvalue weighted by atomic mass is 10.2. The van der Waals surface area contributed by atoms with Crippen LogP contribution in [0.1, 0.15) is 47.0 Å². The highest BCUT2D eigenvalue weighted by atomic mass is 16.4. The smallest absolute Gasteiger partial charge is 0.303 e. The van der Waals surface area contributed by atoms with Gasteiger partial charge in [0.05, 0.1) is 0 Å². The summed E-state index contributed by atoms with van der Waals surface area (Å²) in [5.41, 5.74) is 0. The molecular weight excluding hydrogens is 232 g/mol. The molecule has 5 heteroatoms. The maximum absolute atomic E-state index is 11.5. The van der Waals surface area contributed by atoms with Crippen molar-refractivity contribution in [2.75, 3.05) is 13.1 Å². The molecule has 1 amide bonds. The number of hydrogen-bond acceptors (Lipinski definition) is 3. The van der Waals surface area contributed by atoms with Gasteiger partial charge in [0.15, 0.2) is 0 Å². The standard InChI is InChI=1S/C13H26N2O3/c1-10(2)14-12(16)7-9-15(11(3)4)8-5-6-13(17)18/h10-11H,5-9H2,1-4H3,(H,14,16)(H,17,18). The van der Waals surface area contributed by atoms with Crippen molar-refractivity contribution in [2.45, 2.75) is 59.0 Å². The number of carboxylic acid groups (broad SMARTS) is 1. The van der Waals surface area contributed by atoms with Crippen LogP contribution in [0.2, 0.25) is 0 Å². The van der Waals surface area contributed by atoms with Crippen LogP contribution in [-0.4, -0.2) is 47.1 Å². The third-order valence-electron chi connectivity index (χ3n) is 2.64. The van der Waals surface area contributed by atoms with Crippen molar-refractivity contribution in [3.05, 3.63) is 0 Å². The summed E-state index contributed by atoms with van der Waals surface area (Å²) in [4.78, 5) is 24.1. The van der Waals surface area contributed by atoms with E-state index >= 15 is 0 Å². The molecule has 0 rings (SSSR count). The Bertz CT molecular complexity index is 265. The van der Waals surface area contributed by atoms with Gasteiger partial charge in [-0.05, 0) is 40.7 Å². The fourth-order valence-corrected chi connectivity index (χ4v) is 1.70. The van der Waals surface area contributed by atoms with E-state index in [0.717, 1.165) is 6.54 Å². The molecule has 0 saturated carbocycles. The number of rotatable bonds is 9. The van der Waals surface area contributed by atoms with Gasteiger partial charge in [-0.3, -0.25) is 9.59 Å². The molecule has 0 heterocycles. The Hall–Kier alpha value is -1.10. The average Bonchev–Trinajstić information content (AvgIpc) is 2.20. The van der Waals surface area contributed by atoms with E-state index in [1.54, 1.807) is 0 Å². The van der Waals surface area contributed by atoms with E-state index < -0.39 is 5.97 Å². The number of carbonyl (C=O) groups is 2. The fraction of sp³-hybridized carbons (Fsp3) is 0.846. The molecule has 0 aliphatic heterocycles. The van der Waals surface area contributed by atoms with E-state index in [4.69, 9.17) is 5.11 Å². The van der Waals surface area contributed by atoms with Crippen molar-refractivity contribution in [1.82, 2.24) is 10.2 Å². The highest BCUT2D eigenvalue weighted by Gasteiger charge is 2.12. The van der Waals surface area contributed by atoms with Crippen molar-refractivity contribution in [2.24, 2.45) is 0 Å². The van der Waals surface area contributed by atoms with Gasteiger partial charge in [0, 0.05) is 31.5 Å². The van der Waals surface area contributed by atoms with E-state index in [-0.39, 0.29) is 18.4 Å². The van der Waals surface area contributed by atoms with Gasteiger partial charge in [0.1, 0.15) is 0 Å².